The third-order valence-electron chi connectivity index (χ3n) is 5.10. The van der Waals surface area contributed by atoms with Crippen LogP contribution in [-0.4, -0.2) is 41.2 Å². The van der Waals surface area contributed by atoms with E-state index in [9.17, 15) is 0 Å². The van der Waals surface area contributed by atoms with Gasteiger partial charge in [0.15, 0.2) is 0 Å². The average molecular weight is 497 g/mol. The number of hydrogen-bond donors (Lipinski definition) is 1. The van der Waals surface area contributed by atoms with Gasteiger partial charge in [0.1, 0.15) is 18.5 Å². The minimum Gasteiger partial charge on any atom is -0.349 e. The van der Waals surface area contributed by atoms with E-state index in [0.717, 1.165) is 12.2 Å². The van der Waals surface area contributed by atoms with E-state index >= 15 is 0 Å². The largest absolute Gasteiger partial charge is 0.349 e. The summed E-state index contributed by atoms with van der Waals surface area (Å²) in [4.78, 5) is 11.0. The van der Waals surface area contributed by atoms with Crippen molar-refractivity contribution in [2.75, 3.05) is 0 Å². The van der Waals surface area contributed by atoms with Crippen LogP contribution in [0.3, 0.4) is 0 Å². The molecule has 1 N–H and O–H groups in total. The summed E-state index contributed by atoms with van der Waals surface area (Å²) in [5, 5.41) is 11.8. The highest BCUT2D eigenvalue weighted by atomic mass is 15.3. The van der Waals surface area contributed by atoms with Gasteiger partial charge in [0.2, 0.25) is 0 Å². The zero-order valence-electron chi connectivity index (χ0n) is 24.5. The lowest BCUT2D eigenvalue weighted by Crippen LogP contribution is -2.21. The van der Waals surface area contributed by atoms with Crippen LogP contribution in [-0.2, 0) is 16.5 Å². The number of H-pyrrole nitrogens is 1. The van der Waals surface area contributed by atoms with Crippen LogP contribution in [0.2, 0.25) is 0 Å². The first-order valence-corrected chi connectivity index (χ1v) is 12.5. The summed E-state index contributed by atoms with van der Waals surface area (Å²) in [7, 11) is 0. The molecule has 8 heteroatoms. The van der Waals surface area contributed by atoms with E-state index in [4.69, 9.17) is 0 Å². The Morgan fingerprint density at radius 2 is 1.42 bits per heavy atom. The number of rotatable bonds is 0. The van der Waals surface area contributed by atoms with Crippen molar-refractivity contribution in [2.45, 2.75) is 106 Å². The van der Waals surface area contributed by atoms with E-state index < -0.39 is 0 Å². The van der Waals surface area contributed by atoms with Crippen molar-refractivity contribution in [1.82, 2.24) is 29.3 Å². The van der Waals surface area contributed by atoms with Crippen molar-refractivity contribution in [3.63, 3.8) is 0 Å². The van der Waals surface area contributed by atoms with Crippen LogP contribution >= 0.6 is 0 Å². The van der Waals surface area contributed by atoms with Crippen LogP contribution in [0.5, 0.6) is 0 Å². The van der Waals surface area contributed by atoms with Crippen molar-refractivity contribution < 1.29 is 0 Å². The monoisotopic (exact) mass is 496 g/mol. The van der Waals surface area contributed by atoms with Gasteiger partial charge in [-0.2, -0.15) is 15.3 Å². The van der Waals surface area contributed by atoms with Crippen LogP contribution in [0.4, 0.5) is 0 Å². The second-order valence-corrected chi connectivity index (χ2v) is 12.8. The van der Waals surface area contributed by atoms with Crippen LogP contribution in [0, 0.1) is 5.41 Å². The van der Waals surface area contributed by atoms with Crippen LogP contribution < -0.4 is 0 Å². The molecule has 3 aromatic rings. The molecule has 0 fully saturated rings. The van der Waals surface area contributed by atoms with E-state index in [2.05, 4.69) is 130 Å². The van der Waals surface area contributed by atoms with Crippen molar-refractivity contribution in [1.29, 1.82) is 0 Å². The highest BCUT2D eigenvalue weighted by molar-refractivity contribution is 6.01. The quantitative estimate of drug-likeness (QED) is 0.369. The normalized spacial score (nSPS) is 13.5. The Morgan fingerprint density at radius 3 is 1.64 bits per heavy atom. The summed E-state index contributed by atoms with van der Waals surface area (Å²) >= 11 is 0. The molecule has 8 nitrogen and oxygen atoms in total. The minimum atomic E-state index is 0.0660. The Labute approximate surface area is 218 Å². The minimum absolute atomic E-state index is 0.0660. The van der Waals surface area contributed by atoms with E-state index in [-0.39, 0.29) is 21.9 Å². The van der Waals surface area contributed by atoms with Crippen molar-refractivity contribution >= 4 is 11.9 Å². The fourth-order valence-electron chi connectivity index (χ4n) is 2.75. The smallest absolute Gasteiger partial charge is 0.137 e. The molecule has 3 aromatic heterocycles. The predicted molar refractivity (Wildman–Crippen MR) is 152 cm³/mol. The molecule has 0 aromatic carbocycles. The van der Waals surface area contributed by atoms with E-state index in [1.54, 1.807) is 18.9 Å². The lowest BCUT2D eigenvalue weighted by atomic mass is 9.89. The number of aromatic amines is 1. The third-order valence-corrected chi connectivity index (χ3v) is 5.10. The standard InChI is InChI=1S/C8H13N.2C7H12N2.C6H11N3/c1-8(2,3)9-6-4-5-7-9;1-7(2,3)6-8-4-5-9-6;1-7(2,3)6-4-5-8-9-6;1-6(2,3)9-5-7-4-8-9/h4-7H,1-3H3;4-5H,1-3H3,(H,8,9);5H,4H2,1-3H3;4-5H,1-3H3. The van der Waals surface area contributed by atoms with Gasteiger partial charge in [0, 0.05) is 53.8 Å². The van der Waals surface area contributed by atoms with Gasteiger partial charge in [-0.15, -0.1) is 0 Å². The van der Waals surface area contributed by atoms with E-state index in [1.165, 1.54) is 5.71 Å². The maximum Gasteiger partial charge on any atom is 0.137 e. The first-order chi connectivity index (χ1) is 16.4. The molecule has 0 saturated heterocycles. The highest BCUT2D eigenvalue weighted by Gasteiger charge is 2.19. The molecule has 0 unspecified atom stereocenters. The molecule has 1 aliphatic heterocycles. The lowest BCUT2D eigenvalue weighted by molar-refractivity contribution is 0.354. The van der Waals surface area contributed by atoms with Gasteiger partial charge in [-0.1, -0.05) is 41.5 Å². The molecule has 0 spiro atoms. The van der Waals surface area contributed by atoms with Crippen molar-refractivity contribution in [3.8, 4) is 0 Å². The molecule has 200 valence electrons. The molecule has 36 heavy (non-hydrogen) atoms. The molecular formula is C28H48N8. The van der Waals surface area contributed by atoms with Gasteiger partial charge in [-0.3, -0.25) is 0 Å². The molecule has 0 aliphatic carbocycles. The summed E-state index contributed by atoms with van der Waals surface area (Å²) in [5.74, 6) is 1.04. The summed E-state index contributed by atoms with van der Waals surface area (Å²) in [6, 6.07) is 4.09. The molecule has 0 amide bonds. The zero-order chi connectivity index (χ0) is 27.6. The SMILES string of the molecule is CC(C)(C)C1=NN=CC1.CC(C)(C)c1ncc[nH]1.CC(C)(C)n1cccc1.CC(C)(C)n1cncn1. The second kappa shape index (κ2) is 12.8. The highest BCUT2D eigenvalue weighted by Crippen LogP contribution is 2.20. The first-order valence-electron chi connectivity index (χ1n) is 12.5. The van der Waals surface area contributed by atoms with Gasteiger partial charge in [0.25, 0.3) is 0 Å². The fourth-order valence-corrected chi connectivity index (χ4v) is 2.75. The lowest BCUT2D eigenvalue weighted by Gasteiger charge is -2.20. The Bertz CT molecular complexity index is 908. The predicted octanol–water partition coefficient (Wildman–Crippen LogP) is 6.85. The van der Waals surface area contributed by atoms with Crippen LogP contribution in [0.25, 0.3) is 0 Å². The molecule has 0 radical (unpaired) electrons. The van der Waals surface area contributed by atoms with Gasteiger partial charge in [0.05, 0.1) is 11.3 Å². The number of imidazole rings is 1. The summed E-state index contributed by atoms with van der Waals surface area (Å²) in [6.07, 6.45) is 13.8. The van der Waals surface area contributed by atoms with Crippen molar-refractivity contribution in [2.24, 2.45) is 15.6 Å². The number of nitrogens with one attached hydrogen (secondary N) is 1. The molecule has 4 heterocycles. The molecule has 0 saturated carbocycles. The summed E-state index contributed by atoms with van der Waals surface area (Å²) < 4.78 is 4.01. The first kappa shape index (κ1) is 31.0. The summed E-state index contributed by atoms with van der Waals surface area (Å²) in [6.45, 7) is 25.7. The van der Waals surface area contributed by atoms with E-state index in [1.807, 2.05) is 29.2 Å². The fraction of sp³-hybridized carbons (Fsp3) is 0.607. The molecule has 1 aliphatic rings. The van der Waals surface area contributed by atoms with Crippen LogP contribution in [0.1, 0.15) is 95.3 Å². The number of aromatic nitrogens is 6. The topological polar surface area (TPSA) is 89.0 Å². The number of nitrogens with zero attached hydrogens (tertiary/aromatic N) is 7. The second-order valence-electron chi connectivity index (χ2n) is 12.8. The van der Waals surface area contributed by atoms with Gasteiger partial charge in [-0.25, -0.2) is 14.6 Å². The molecule has 0 atom stereocenters. The molecular weight excluding hydrogens is 448 g/mol. The van der Waals surface area contributed by atoms with Gasteiger partial charge >= 0.3 is 0 Å². The molecule has 0 bridgehead atoms. The number of hydrogen-bond acceptors (Lipinski definition) is 5. The summed E-state index contributed by atoms with van der Waals surface area (Å²) in [5.41, 5.74) is 1.85. The van der Waals surface area contributed by atoms with Gasteiger partial charge in [-0.05, 0) is 53.7 Å². The van der Waals surface area contributed by atoms with Crippen LogP contribution in [0.15, 0.2) is 59.8 Å². The maximum atomic E-state index is 4.13. The maximum absolute atomic E-state index is 4.13. The Morgan fingerprint density at radius 1 is 0.806 bits per heavy atom. The Kier molecular flexibility index (Phi) is 11.0. The zero-order valence-corrected chi connectivity index (χ0v) is 24.5. The van der Waals surface area contributed by atoms with Crippen molar-refractivity contribution in [3.05, 3.63) is 55.4 Å². The molecule has 4 rings (SSSR count). The Balaban J connectivity index is 0.000000240. The van der Waals surface area contributed by atoms with Gasteiger partial charge < -0.3 is 9.55 Å². The average Bonchev–Trinajstić information content (AvgIpc) is 3.57. The van der Waals surface area contributed by atoms with E-state index in [0.29, 0.717) is 0 Å². The third kappa shape index (κ3) is 11.6. The Hall–Kier alpha value is -3.03.